The summed E-state index contributed by atoms with van der Waals surface area (Å²) in [5, 5.41) is 18.4. The molecule has 0 saturated heterocycles. The molecule has 0 aliphatic rings. The minimum absolute atomic E-state index is 0.0175. The molecule has 2 aromatic carbocycles. The Kier molecular flexibility index (Phi) is 5.28. The predicted octanol–water partition coefficient (Wildman–Crippen LogP) is 3.17. The monoisotopic (exact) mass is 445 g/mol. The van der Waals surface area contributed by atoms with Crippen molar-refractivity contribution in [3.8, 4) is 5.69 Å². The topological polar surface area (TPSA) is 100 Å². The molecule has 3 heterocycles. The van der Waals surface area contributed by atoms with Crippen molar-refractivity contribution in [2.45, 2.75) is 24.3 Å². The van der Waals surface area contributed by atoms with E-state index in [2.05, 4.69) is 37.5 Å². The molecule has 0 unspecified atom stereocenters. The van der Waals surface area contributed by atoms with Gasteiger partial charge in [-0.15, -0.1) is 15.3 Å². The van der Waals surface area contributed by atoms with Crippen LogP contribution in [0.3, 0.4) is 0 Å². The number of hydrogen-bond donors (Lipinski definition) is 0. The Morgan fingerprint density at radius 1 is 1.03 bits per heavy atom. The molecule has 160 valence electrons. The summed E-state index contributed by atoms with van der Waals surface area (Å²) < 4.78 is 8.17. The molecular formula is C22H19N7O2S. The Labute approximate surface area is 187 Å². The van der Waals surface area contributed by atoms with Crippen molar-refractivity contribution in [1.29, 1.82) is 0 Å². The summed E-state index contributed by atoms with van der Waals surface area (Å²) in [6.45, 7) is 2.02. The van der Waals surface area contributed by atoms with Crippen molar-refractivity contribution >= 4 is 34.7 Å². The highest BCUT2D eigenvalue weighted by atomic mass is 32.2. The maximum Gasteiger partial charge on any atom is 0.311 e. The number of esters is 1. The third-order valence-electron chi connectivity index (χ3n) is 4.95. The van der Waals surface area contributed by atoms with Gasteiger partial charge < -0.3 is 4.74 Å². The van der Waals surface area contributed by atoms with Gasteiger partial charge in [-0.25, -0.2) is 4.68 Å². The Bertz CT molecular complexity index is 1410. The first-order valence-electron chi connectivity index (χ1n) is 9.94. The first-order chi connectivity index (χ1) is 15.6. The first kappa shape index (κ1) is 20.1. The third-order valence-corrected chi connectivity index (χ3v) is 5.85. The average Bonchev–Trinajstić information content (AvgIpc) is 3.40. The highest BCUT2D eigenvalue weighted by Crippen LogP contribution is 2.24. The molecule has 0 fully saturated rings. The van der Waals surface area contributed by atoms with Crippen LogP contribution in [-0.2, 0) is 21.7 Å². The molecule has 10 heteroatoms. The first-order valence-corrected chi connectivity index (χ1v) is 10.9. The molecule has 5 rings (SSSR count). The van der Waals surface area contributed by atoms with E-state index in [1.54, 1.807) is 9.20 Å². The van der Waals surface area contributed by atoms with Gasteiger partial charge in [-0.2, -0.15) is 14.6 Å². The van der Waals surface area contributed by atoms with Crippen LogP contribution in [0.2, 0.25) is 0 Å². The lowest BCUT2D eigenvalue weighted by atomic mass is 10.2. The Morgan fingerprint density at radius 2 is 1.81 bits per heavy atom. The molecule has 0 aliphatic heterocycles. The molecule has 32 heavy (non-hydrogen) atoms. The molecule has 0 aliphatic carbocycles. The summed E-state index contributed by atoms with van der Waals surface area (Å²) in [6.07, 6.45) is -0.0175. The van der Waals surface area contributed by atoms with E-state index in [1.807, 2.05) is 49.4 Å². The summed E-state index contributed by atoms with van der Waals surface area (Å²) in [6, 6.07) is 18.0. The number of carbonyl (C=O) groups is 1. The van der Waals surface area contributed by atoms with E-state index < -0.39 is 5.97 Å². The van der Waals surface area contributed by atoms with Crippen molar-refractivity contribution in [2.75, 3.05) is 7.11 Å². The highest BCUT2D eigenvalue weighted by Gasteiger charge is 2.21. The quantitative estimate of drug-likeness (QED) is 0.290. The average molecular weight is 446 g/mol. The number of thioether (sulfide) groups is 1. The molecule has 0 saturated carbocycles. The maximum atomic E-state index is 11.9. The molecule has 0 atom stereocenters. The molecule has 0 amide bonds. The SMILES string of the molecule is COC(=O)Cc1nn(-c2ccc(C)cc2)c2c1nnc1nc(SCc3ccccc3)nn12. The number of benzene rings is 2. The van der Waals surface area contributed by atoms with Crippen LogP contribution in [0, 0.1) is 6.92 Å². The van der Waals surface area contributed by atoms with Crippen LogP contribution >= 0.6 is 11.8 Å². The van der Waals surface area contributed by atoms with Gasteiger partial charge in [-0.3, -0.25) is 4.79 Å². The van der Waals surface area contributed by atoms with Gasteiger partial charge in [0.1, 0.15) is 5.69 Å². The normalized spacial score (nSPS) is 11.3. The second-order valence-corrected chi connectivity index (χ2v) is 8.14. The number of aromatic nitrogens is 7. The summed E-state index contributed by atoms with van der Waals surface area (Å²) in [4.78, 5) is 16.5. The van der Waals surface area contributed by atoms with E-state index in [1.165, 1.54) is 24.4 Å². The number of ether oxygens (including phenoxy) is 1. The summed E-state index contributed by atoms with van der Waals surface area (Å²) in [5.41, 5.74) is 4.67. The standard InChI is InChI=1S/C22H19N7O2S/c1-14-8-10-16(11-9-14)28-20-19(17(26-28)12-18(30)31-2)24-25-21-23-22(27-29(20)21)32-13-15-6-4-3-5-7-15/h3-11H,12-13H2,1-2H3. The molecule has 0 radical (unpaired) electrons. The second-order valence-electron chi connectivity index (χ2n) is 7.20. The number of carbonyl (C=O) groups excluding carboxylic acids is 1. The van der Waals surface area contributed by atoms with Crippen LogP contribution < -0.4 is 0 Å². The van der Waals surface area contributed by atoms with Crippen LogP contribution in [-0.4, -0.2) is 47.7 Å². The van der Waals surface area contributed by atoms with Crippen LogP contribution in [0.4, 0.5) is 0 Å². The van der Waals surface area contributed by atoms with E-state index in [0.29, 0.717) is 27.8 Å². The molecule has 5 aromatic rings. The minimum atomic E-state index is -0.403. The fourth-order valence-corrected chi connectivity index (χ4v) is 4.08. The highest BCUT2D eigenvalue weighted by molar-refractivity contribution is 7.98. The van der Waals surface area contributed by atoms with Crippen LogP contribution in [0.25, 0.3) is 22.6 Å². The molecular weight excluding hydrogens is 426 g/mol. The van der Waals surface area contributed by atoms with Crippen molar-refractivity contribution in [2.24, 2.45) is 0 Å². The molecule has 0 N–H and O–H groups in total. The number of methoxy groups -OCH3 is 1. The zero-order valence-corrected chi connectivity index (χ0v) is 18.3. The number of hydrogen-bond acceptors (Lipinski definition) is 8. The lowest BCUT2D eigenvalue weighted by Crippen LogP contribution is -2.06. The van der Waals surface area contributed by atoms with Gasteiger partial charge in [0.15, 0.2) is 11.2 Å². The summed E-state index contributed by atoms with van der Waals surface area (Å²) >= 11 is 1.52. The van der Waals surface area contributed by atoms with Crippen molar-refractivity contribution in [3.63, 3.8) is 0 Å². The number of nitrogens with zero attached hydrogens (tertiary/aromatic N) is 7. The summed E-state index contributed by atoms with van der Waals surface area (Å²) in [5.74, 6) is 0.699. The van der Waals surface area contributed by atoms with E-state index in [9.17, 15) is 4.79 Å². The van der Waals surface area contributed by atoms with Crippen LogP contribution in [0.5, 0.6) is 0 Å². The van der Waals surface area contributed by atoms with E-state index in [-0.39, 0.29) is 6.42 Å². The predicted molar refractivity (Wildman–Crippen MR) is 120 cm³/mol. The lowest BCUT2D eigenvalue weighted by molar-refractivity contribution is -0.139. The van der Waals surface area contributed by atoms with Gasteiger partial charge in [0.2, 0.25) is 5.16 Å². The molecule has 3 aromatic heterocycles. The zero-order valence-electron chi connectivity index (χ0n) is 17.5. The van der Waals surface area contributed by atoms with Gasteiger partial charge in [-0.05, 0) is 24.6 Å². The van der Waals surface area contributed by atoms with E-state index in [0.717, 1.165) is 17.0 Å². The largest absolute Gasteiger partial charge is 0.469 e. The maximum absolute atomic E-state index is 11.9. The minimum Gasteiger partial charge on any atom is -0.469 e. The Balaban J connectivity index is 1.62. The third kappa shape index (κ3) is 3.80. The van der Waals surface area contributed by atoms with E-state index >= 15 is 0 Å². The Hall–Kier alpha value is -3.79. The van der Waals surface area contributed by atoms with E-state index in [4.69, 9.17) is 4.74 Å². The molecule has 0 bridgehead atoms. The fraction of sp³-hybridized carbons (Fsp3) is 0.182. The van der Waals surface area contributed by atoms with Gasteiger partial charge in [0, 0.05) is 5.75 Å². The van der Waals surface area contributed by atoms with Gasteiger partial charge >= 0.3 is 5.97 Å². The lowest BCUT2D eigenvalue weighted by Gasteiger charge is -2.04. The number of aryl methyl sites for hydroxylation is 1. The Morgan fingerprint density at radius 3 is 2.56 bits per heavy atom. The fourth-order valence-electron chi connectivity index (χ4n) is 3.30. The smallest absolute Gasteiger partial charge is 0.311 e. The second kappa shape index (κ2) is 8.39. The number of fused-ring (bicyclic) bond motifs is 3. The zero-order chi connectivity index (χ0) is 22.1. The van der Waals surface area contributed by atoms with Crippen molar-refractivity contribution in [1.82, 2.24) is 34.6 Å². The van der Waals surface area contributed by atoms with Crippen LogP contribution in [0.15, 0.2) is 59.8 Å². The van der Waals surface area contributed by atoms with Gasteiger partial charge in [-0.1, -0.05) is 59.8 Å². The summed E-state index contributed by atoms with van der Waals surface area (Å²) in [7, 11) is 1.35. The van der Waals surface area contributed by atoms with Gasteiger partial charge in [0.25, 0.3) is 5.78 Å². The molecule has 9 nitrogen and oxygen atoms in total. The number of rotatable bonds is 6. The van der Waals surface area contributed by atoms with Crippen LogP contribution in [0.1, 0.15) is 16.8 Å². The molecule has 0 spiro atoms. The van der Waals surface area contributed by atoms with Crippen molar-refractivity contribution < 1.29 is 9.53 Å². The van der Waals surface area contributed by atoms with Gasteiger partial charge in [0.05, 0.1) is 19.2 Å². The van der Waals surface area contributed by atoms with Crippen molar-refractivity contribution in [3.05, 3.63) is 71.4 Å².